The van der Waals surface area contributed by atoms with Crippen molar-refractivity contribution in [2.75, 3.05) is 0 Å². The third-order valence-corrected chi connectivity index (χ3v) is 2.33. The molecule has 0 radical (unpaired) electrons. The highest BCUT2D eigenvalue weighted by Gasteiger charge is 2.22. The van der Waals surface area contributed by atoms with E-state index in [0.717, 1.165) is 5.56 Å². The third-order valence-electron chi connectivity index (χ3n) is 2.08. The van der Waals surface area contributed by atoms with Crippen LogP contribution >= 0.6 is 24.0 Å². The van der Waals surface area contributed by atoms with Gasteiger partial charge in [0.05, 0.1) is 0 Å². The number of carbonyl (C=O) groups excluding carboxylic acids is 1. The molecule has 0 spiro atoms. The summed E-state index contributed by atoms with van der Waals surface area (Å²) in [5.41, 5.74) is 6.25. The van der Waals surface area contributed by atoms with Crippen molar-refractivity contribution in [2.24, 2.45) is 5.73 Å². The van der Waals surface area contributed by atoms with Gasteiger partial charge in [-0.1, -0.05) is 23.7 Å². The van der Waals surface area contributed by atoms with Crippen molar-refractivity contribution in [1.29, 1.82) is 0 Å². The van der Waals surface area contributed by atoms with Gasteiger partial charge in [-0.05, 0) is 44.9 Å². The molecule has 0 aromatic heterocycles. The van der Waals surface area contributed by atoms with Crippen LogP contribution in [0.25, 0.3) is 0 Å². The zero-order chi connectivity index (χ0) is 13.1. The topological polar surface area (TPSA) is 52.3 Å². The first-order valence-corrected chi connectivity index (χ1v) is 5.88. The van der Waals surface area contributed by atoms with E-state index in [0.29, 0.717) is 11.4 Å². The molecule has 0 aliphatic rings. The Hall–Kier alpha value is -0.770. The largest absolute Gasteiger partial charge is 0.459 e. The lowest BCUT2D eigenvalue weighted by Crippen LogP contribution is -2.38. The second-order valence-corrected chi connectivity index (χ2v) is 5.41. The first-order chi connectivity index (χ1) is 7.78. The van der Waals surface area contributed by atoms with Crippen LogP contribution in [0, 0.1) is 0 Å². The molecule has 1 rings (SSSR count). The van der Waals surface area contributed by atoms with Gasteiger partial charge in [0.1, 0.15) is 11.6 Å². The molecule has 3 nitrogen and oxygen atoms in total. The molecule has 102 valence electrons. The number of nitrogens with two attached hydrogens (primary N) is 1. The molecule has 0 saturated heterocycles. The van der Waals surface area contributed by atoms with Crippen LogP contribution in [-0.2, 0) is 16.0 Å². The normalized spacial score (nSPS) is 12.5. The highest BCUT2D eigenvalue weighted by Crippen LogP contribution is 2.13. The summed E-state index contributed by atoms with van der Waals surface area (Å²) in [7, 11) is 0. The van der Waals surface area contributed by atoms with Crippen molar-refractivity contribution in [3.05, 3.63) is 34.9 Å². The van der Waals surface area contributed by atoms with Crippen LogP contribution < -0.4 is 5.73 Å². The minimum absolute atomic E-state index is 0. The minimum atomic E-state index is -0.643. The van der Waals surface area contributed by atoms with Crippen molar-refractivity contribution in [2.45, 2.75) is 38.8 Å². The zero-order valence-electron chi connectivity index (χ0n) is 10.8. The second-order valence-electron chi connectivity index (χ2n) is 4.97. The Kier molecular flexibility index (Phi) is 6.68. The molecule has 0 aliphatic carbocycles. The SMILES string of the molecule is CC(C)(C)OC(=O)[C@@H](N)Cc1ccc(Cl)cc1.Cl. The fraction of sp³-hybridized carbons (Fsp3) is 0.462. The average Bonchev–Trinajstić information content (AvgIpc) is 2.19. The molecule has 0 heterocycles. The van der Waals surface area contributed by atoms with E-state index in [4.69, 9.17) is 22.1 Å². The van der Waals surface area contributed by atoms with E-state index >= 15 is 0 Å². The Labute approximate surface area is 119 Å². The van der Waals surface area contributed by atoms with Crippen LogP contribution in [-0.4, -0.2) is 17.6 Å². The summed E-state index contributed by atoms with van der Waals surface area (Å²) in [4.78, 5) is 11.7. The maximum Gasteiger partial charge on any atom is 0.323 e. The maximum atomic E-state index is 11.7. The lowest BCUT2D eigenvalue weighted by Gasteiger charge is -2.22. The number of rotatable bonds is 3. The highest BCUT2D eigenvalue weighted by atomic mass is 35.5. The van der Waals surface area contributed by atoms with Crippen molar-refractivity contribution in [1.82, 2.24) is 0 Å². The van der Waals surface area contributed by atoms with Crippen molar-refractivity contribution in [3.63, 3.8) is 0 Å². The molecule has 0 aliphatic heterocycles. The standard InChI is InChI=1S/C13H18ClNO2.ClH/c1-13(2,3)17-12(16)11(15)8-9-4-6-10(14)7-5-9;/h4-7,11H,8,15H2,1-3H3;1H/t11-;/m0./s1. The van der Waals surface area contributed by atoms with E-state index in [2.05, 4.69) is 0 Å². The Morgan fingerprint density at radius 3 is 2.28 bits per heavy atom. The summed E-state index contributed by atoms with van der Waals surface area (Å²) >= 11 is 5.78. The minimum Gasteiger partial charge on any atom is -0.459 e. The van der Waals surface area contributed by atoms with Gasteiger partial charge in [-0.25, -0.2) is 0 Å². The van der Waals surface area contributed by atoms with Gasteiger partial charge in [-0.2, -0.15) is 0 Å². The monoisotopic (exact) mass is 291 g/mol. The molecular formula is C13H19Cl2NO2. The smallest absolute Gasteiger partial charge is 0.323 e. The van der Waals surface area contributed by atoms with E-state index in [1.165, 1.54) is 0 Å². The molecule has 1 atom stereocenters. The summed E-state index contributed by atoms with van der Waals surface area (Å²) < 4.78 is 5.21. The van der Waals surface area contributed by atoms with Crippen LogP contribution in [0.3, 0.4) is 0 Å². The van der Waals surface area contributed by atoms with Crippen LogP contribution in [0.4, 0.5) is 0 Å². The van der Waals surface area contributed by atoms with Crippen LogP contribution in [0.5, 0.6) is 0 Å². The number of halogens is 2. The van der Waals surface area contributed by atoms with E-state index in [1.54, 1.807) is 12.1 Å². The fourth-order valence-corrected chi connectivity index (χ4v) is 1.46. The Bertz CT molecular complexity index is 385. The van der Waals surface area contributed by atoms with E-state index in [9.17, 15) is 4.79 Å². The van der Waals surface area contributed by atoms with Crippen molar-refractivity contribution >= 4 is 30.0 Å². The van der Waals surface area contributed by atoms with Crippen molar-refractivity contribution < 1.29 is 9.53 Å². The van der Waals surface area contributed by atoms with Gasteiger partial charge in [-0.3, -0.25) is 4.79 Å². The highest BCUT2D eigenvalue weighted by molar-refractivity contribution is 6.30. The molecule has 5 heteroatoms. The molecule has 0 unspecified atom stereocenters. The predicted octanol–water partition coefficient (Wildman–Crippen LogP) is 2.97. The van der Waals surface area contributed by atoms with E-state index in [1.807, 2.05) is 32.9 Å². The molecule has 2 N–H and O–H groups in total. The van der Waals surface area contributed by atoms with Gasteiger partial charge in [0.25, 0.3) is 0 Å². The van der Waals surface area contributed by atoms with Gasteiger partial charge >= 0.3 is 5.97 Å². The molecule has 0 fully saturated rings. The number of benzene rings is 1. The Morgan fingerprint density at radius 1 is 1.33 bits per heavy atom. The summed E-state index contributed by atoms with van der Waals surface area (Å²) in [6.45, 7) is 5.46. The summed E-state index contributed by atoms with van der Waals surface area (Å²) in [6, 6.07) is 6.62. The summed E-state index contributed by atoms with van der Waals surface area (Å²) in [5.74, 6) is -0.382. The zero-order valence-corrected chi connectivity index (χ0v) is 12.3. The van der Waals surface area contributed by atoms with Crippen molar-refractivity contribution in [3.8, 4) is 0 Å². The third kappa shape index (κ3) is 6.24. The number of ether oxygens (including phenoxy) is 1. The fourth-order valence-electron chi connectivity index (χ4n) is 1.34. The maximum absolute atomic E-state index is 11.7. The molecule has 1 aromatic carbocycles. The predicted molar refractivity (Wildman–Crippen MR) is 76.2 cm³/mol. The van der Waals surface area contributed by atoms with Gasteiger partial charge in [0.15, 0.2) is 0 Å². The summed E-state index contributed by atoms with van der Waals surface area (Å²) in [5, 5.41) is 0.666. The van der Waals surface area contributed by atoms with E-state index in [-0.39, 0.29) is 18.4 Å². The Morgan fingerprint density at radius 2 is 1.83 bits per heavy atom. The molecule has 18 heavy (non-hydrogen) atoms. The Balaban J connectivity index is 0.00000289. The molecular weight excluding hydrogens is 273 g/mol. The van der Waals surface area contributed by atoms with Gasteiger partial charge < -0.3 is 10.5 Å². The van der Waals surface area contributed by atoms with Gasteiger partial charge in [-0.15, -0.1) is 12.4 Å². The van der Waals surface area contributed by atoms with Crippen LogP contribution in [0.15, 0.2) is 24.3 Å². The molecule has 0 bridgehead atoms. The quantitative estimate of drug-likeness (QED) is 0.871. The van der Waals surface area contributed by atoms with Crippen LogP contribution in [0.2, 0.25) is 5.02 Å². The molecule has 1 aromatic rings. The van der Waals surface area contributed by atoms with E-state index < -0.39 is 11.6 Å². The number of hydrogen-bond donors (Lipinski definition) is 1. The number of esters is 1. The summed E-state index contributed by atoms with van der Waals surface area (Å²) in [6.07, 6.45) is 0.450. The molecule has 0 saturated carbocycles. The van der Waals surface area contributed by atoms with Gasteiger partial charge in [0, 0.05) is 5.02 Å². The lowest BCUT2D eigenvalue weighted by atomic mass is 10.1. The lowest BCUT2D eigenvalue weighted by molar-refractivity contribution is -0.156. The second kappa shape index (κ2) is 6.98. The first-order valence-electron chi connectivity index (χ1n) is 5.51. The average molecular weight is 292 g/mol. The number of hydrogen-bond acceptors (Lipinski definition) is 3. The number of carbonyl (C=O) groups is 1. The first kappa shape index (κ1) is 17.2. The van der Waals surface area contributed by atoms with Gasteiger partial charge in [0.2, 0.25) is 0 Å². The van der Waals surface area contributed by atoms with Crippen LogP contribution in [0.1, 0.15) is 26.3 Å². The molecule has 0 amide bonds.